The van der Waals surface area contributed by atoms with Gasteiger partial charge in [-0.1, -0.05) is 17.7 Å². The van der Waals surface area contributed by atoms with Gasteiger partial charge in [-0.05, 0) is 105 Å². The fourth-order valence-corrected chi connectivity index (χ4v) is 9.53. The molecule has 14 nitrogen and oxygen atoms in total. The van der Waals surface area contributed by atoms with Crippen LogP contribution in [0.3, 0.4) is 0 Å². The Balaban J connectivity index is 0.956. The summed E-state index contributed by atoms with van der Waals surface area (Å²) in [7, 11) is 0. The first-order valence-corrected chi connectivity index (χ1v) is 21.9. The lowest BCUT2D eigenvalue weighted by Gasteiger charge is -2.35. The normalized spacial score (nSPS) is 16.3. The van der Waals surface area contributed by atoms with E-state index in [-0.39, 0.29) is 85.4 Å². The van der Waals surface area contributed by atoms with E-state index >= 15 is 4.39 Å². The minimum atomic E-state index is -4.90. The molecular formula is C46H38ClF7N10O4. The Kier molecular flexibility index (Phi) is 11.0. The van der Waals surface area contributed by atoms with Gasteiger partial charge in [-0.25, -0.2) is 24.1 Å². The third kappa shape index (κ3) is 8.04. The van der Waals surface area contributed by atoms with E-state index in [4.69, 9.17) is 11.6 Å². The van der Waals surface area contributed by atoms with Crippen LogP contribution in [0.4, 0.5) is 42.4 Å². The summed E-state index contributed by atoms with van der Waals surface area (Å²) in [6.45, 7) is 2.20. The minimum absolute atomic E-state index is 0.0178. The van der Waals surface area contributed by atoms with E-state index in [2.05, 4.69) is 30.0 Å². The Morgan fingerprint density at radius 1 is 0.912 bits per heavy atom. The van der Waals surface area contributed by atoms with Crippen molar-refractivity contribution in [1.29, 1.82) is 0 Å². The predicted octanol–water partition coefficient (Wildman–Crippen LogP) is 8.82. The van der Waals surface area contributed by atoms with Crippen molar-refractivity contribution in [3.05, 3.63) is 129 Å². The summed E-state index contributed by atoms with van der Waals surface area (Å²) in [5.41, 5.74) is 1.16. The molecule has 2 aromatic carbocycles. The van der Waals surface area contributed by atoms with Gasteiger partial charge >= 0.3 is 18.2 Å². The molecule has 0 spiro atoms. The largest absolute Gasteiger partial charge is 0.573 e. The van der Waals surface area contributed by atoms with E-state index in [0.29, 0.717) is 35.6 Å². The average Bonchev–Trinajstić information content (AvgIpc) is 4.01. The van der Waals surface area contributed by atoms with Crippen LogP contribution in [0.5, 0.6) is 5.75 Å². The number of benzene rings is 2. The summed E-state index contributed by atoms with van der Waals surface area (Å²) >= 11 is 6.02. The molecule has 2 amide bonds. The molecule has 1 aliphatic carbocycles. The molecular weight excluding hydrogens is 925 g/mol. The second kappa shape index (κ2) is 16.6. The van der Waals surface area contributed by atoms with Gasteiger partial charge in [0.2, 0.25) is 11.9 Å². The molecule has 10 rings (SSSR count). The molecule has 7 heterocycles. The number of piperidine rings is 1. The zero-order valence-corrected chi connectivity index (χ0v) is 36.6. The number of hydrogen-bond donors (Lipinski definition) is 1. The van der Waals surface area contributed by atoms with Gasteiger partial charge in [0.15, 0.2) is 5.65 Å². The molecule has 2 fully saturated rings. The number of rotatable bonds is 9. The number of anilines is 2. The number of aromatic nitrogens is 7. The fourth-order valence-electron chi connectivity index (χ4n) is 9.37. The maximum absolute atomic E-state index is 15.0. The molecule has 1 saturated heterocycles. The third-order valence-electron chi connectivity index (χ3n) is 12.9. The van der Waals surface area contributed by atoms with Crippen molar-refractivity contribution >= 4 is 57.2 Å². The number of nitrogens with zero attached hydrogens (tertiary/aromatic N) is 9. The highest BCUT2D eigenvalue weighted by Gasteiger charge is 2.69. The standard InChI is InChI=1S/C46H38ClF7N10O4/c1-25-37-39(59-42(57-25)58-28-6-9-31(10-7-28)68-46(52,53)54)64(29-12-18-60(19-13-29)41(66)44(15-16-44)45(49,50)51)43(67)63(37)30-8-11-35(56-22-30)40(65)61-20-14-32-33-3-2-17-55-38(33)62(36(32)24-61)23-26-4-5-27(47)21-34(26)48/h2-11,17,21-22,29H,12-16,18-20,23-24H2,1H3,(H,57,58,59). The topological polar surface area (TPSA) is 145 Å². The molecule has 0 radical (unpaired) electrons. The van der Waals surface area contributed by atoms with Crippen LogP contribution in [0.15, 0.2) is 83.9 Å². The van der Waals surface area contributed by atoms with Crippen LogP contribution in [-0.4, -0.2) is 87.4 Å². The van der Waals surface area contributed by atoms with Gasteiger partial charge in [-0.15, -0.1) is 13.2 Å². The molecule has 0 bridgehead atoms. The molecule has 5 aromatic heterocycles. The Bertz CT molecular complexity index is 3190. The first-order chi connectivity index (χ1) is 32.4. The number of carbonyl (C=O) groups excluding carboxylic acids is 2. The number of carbonyl (C=O) groups is 2. The molecule has 1 saturated carbocycles. The van der Waals surface area contributed by atoms with Gasteiger partial charge in [0, 0.05) is 59.2 Å². The molecule has 1 N–H and O–H groups in total. The smallest absolute Gasteiger partial charge is 0.406 e. The number of ether oxygens (including phenoxy) is 1. The van der Waals surface area contributed by atoms with Gasteiger partial charge in [-0.3, -0.25) is 18.7 Å². The number of nitrogens with one attached hydrogen (secondary N) is 1. The Hall–Kier alpha value is -7.03. The van der Waals surface area contributed by atoms with Crippen LogP contribution in [0.25, 0.3) is 27.9 Å². The van der Waals surface area contributed by atoms with Gasteiger partial charge < -0.3 is 24.4 Å². The zero-order valence-electron chi connectivity index (χ0n) is 35.8. The van der Waals surface area contributed by atoms with E-state index < -0.39 is 53.1 Å². The number of alkyl halides is 6. The SMILES string of the molecule is Cc1nc(Nc2ccc(OC(F)(F)F)cc2)nc2c1n(-c1ccc(C(=O)N3CCc4c(n(Cc5ccc(Cl)cc5F)c5ncccc45)C3)nc1)c(=O)n2C1CCN(C(=O)C2(C(F)(F)F)CC2)CC1. The van der Waals surface area contributed by atoms with Crippen molar-refractivity contribution in [2.45, 2.75) is 70.7 Å². The lowest BCUT2D eigenvalue weighted by Crippen LogP contribution is -2.48. The van der Waals surface area contributed by atoms with E-state index in [9.17, 15) is 40.7 Å². The first-order valence-electron chi connectivity index (χ1n) is 21.5. The van der Waals surface area contributed by atoms with Crippen LogP contribution < -0.4 is 15.7 Å². The van der Waals surface area contributed by atoms with Crippen molar-refractivity contribution in [3.63, 3.8) is 0 Å². The Morgan fingerprint density at radius 2 is 1.66 bits per heavy atom. The van der Waals surface area contributed by atoms with Crippen LogP contribution in [-0.2, 0) is 24.3 Å². The Labute approximate surface area is 385 Å². The number of imidazole rings is 1. The minimum Gasteiger partial charge on any atom is -0.406 e. The van der Waals surface area contributed by atoms with Crippen LogP contribution >= 0.6 is 11.6 Å². The van der Waals surface area contributed by atoms with E-state index in [1.807, 2.05) is 16.7 Å². The summed E-state index contributed by atoms with van der Waals surface area (Å²) < 4.78 is 104. The van der Waals surface area contributed by atoms with E-state index in [1.165, 1.54) is 44.5 Å². The lowest BCUT2D eigenvalue weighted by atomic mass is 9.99. The van der Waals surface area contributed by atoms with Gasteiger partial charge in [0.25, 0.3) is 5.91 Å². The molecule has 22 heteroatoms. The summed E-state index contributed by atoms with van der Waals surface area (Å²) in [5, 5.41) is 4.11. The van der Waals surface area contributed by atoms with Crippen molar-refractivity contribution in [2.24, 2.45) is 5.41 Å². The molecule has 3 aliphatic rings. The van der Waals surface area contributed by atoms with Crippen LogP contribution in [0.2, 0.25) is 5.02 Å². The van der Waals surface area contributed by atoms with Gasteiger partial charge in [0.1, 0.15) is 33.8 Å². The van der Waals surface area contributed by atoms with Crippen LogP contribution in [0.1, 0.15) is 64.7 Å². The molecule has 0 atom stereocenters. The van der Waals surface area contributed by atoms with Crippen molar-refractivity contribution in [3.8, 4) is 11.4 Å². The summed E-state index contributed by atoms with van der Waals surface area (Å²) in [5.74, 6) is -2.32. The Morgan fingerprint density at radius 3 is 2.32 bits per heavy atom. The highest BCUT2D eigenvalue weighted by atomic mass is 35.5. The number of hydrogen-bond acceptors (Lipinski definition) is 9. The maximum Gasteiger partial charge on any atom is 0.573 e. The molecule has 0 unspecified atom stereocenters. The molecule has 68 heavy (non-hydrogen) atoms. The summed E-state index contributed by atoms with van der Waals surface area (Å²) in [6.07, 6.45) is -6.37. The first kappa shape index (κ1) is 44.8. The predicted molar refractivity (Wildman–Crippen MR) is 233 cm³/mol. The van der Waals surface area contributed by atoms with Gasteiger partial charge in [0.05, 0.1) is 30.7 Å². The van der Waals surface area contributed by atoms with Gasteiger partial charge in [-0.2, -0.15) is 18.2 Å². The van der Waals surface area contributed by atoms with E-state index in [0.717, 1.165) is 28.8 Å². The van der Waals surface area contributed by atoms with Crippen molar-refractivity contribution < 1.29 is 45.1 Å². The van der Waals surface area contributed by atoms with Crippen LogP contribution in [0, 0.1) is 18.2 Å². The quantitative estimate of drug-likeness (QED) is 0.140. The lowest BCUT2D eigenvalue weighted by molar-refractivity contribution is -0.274. The summed E-state index contributed by atoms with van der Waals surface area (Å²) in [6, 6.07) is 15.5. The monoisotopic (exact) mass is 962 g/mol. The fraction of sp³-hybridized carbons (Fsp3) is 0.326. The number of amides is 2. The number of pyridine rings is 2. The van der Waals surface area contributed by atoms with E-state index in [1.54, 1.807) is 36.2 Å². The third-order valence-corrected chi connectivity index (χ3v) is 13.2. The molecule has 352 valence electrons. The number of halogens is 8. The maximum atomic E-state index is 15.0. The second-order valence-corrected chi connectivity index (χ2v) is 17.5. The average molecular weight is 963 g/mol. The van der Waals surface area contributed by atoms with Crippen molar-refractivity contribution in [2.75, 3.05) is 25.0 Å². The van der Waals surface area contributed by atoms with Crippen molar-refractivity contribution in [1.82, 2.24) is 43.4 Å². The highest BCUT2D eigenvalue weighted by molar-refractivity contribution is 6.30. The summed E-state index contributed by atoms with van der Waals surface area (Å²) in [4.78, 5) is 63.2. The molecule has 7 aromatic rings. The number of likely N-dealkylation sites (tertiary alicyclic amines) is 1. The second-order valence-electron chi connectivity index (χ2n) is 17.1. The number of fused-ring (bicyclic) bond motifs is 4. The highest BCUT2D eigenvalue weighted by Crippen LogP contribution is 2.59. The molecule has 2 aliphatic heterocycles. The zero-order chi connectivity index (χ0) is 47.9. The number of aryl methyl sites for hydroxylation is 1.